The zero-order valence-corrected chi connectivity index (χ0v) is 19.2. The summed E-state index contributed by atoms with van der Waals surface area (Å²) in [5.41, 5.74) is 2.93. The molecule has 3 aliphatic rings. The first-order valence-corrected chi connectivity index (χ1v) is 12.1. The summed E-state index contributed by atoms with van der Waals surface area (Å²) in [4.78, 5) is 43.0. The van der Waals surface area contributed by atoms with E-state index in [4.69, 9.17) is 0 Å². The van der Waals surface area contributed by atoms with E-state index in [-0.39, 0.29) is 41.6 Å². The Kier molecular flexibility index (Phi) is 5.69. The van der Waals surface area contributed by atoms with Crippen molar-refractivity contribution in [2.45, 2.75) is 64.1 Å². The molecule has 0 spiro atoms. The van der Waals surface area contributed by atoms with Gasteiger partial charge in [-0.1, -0.05) is 49.2 Å². The van der Waals surface area contributed by atoms with Crippen LogP contribution in [0.1, 0.15) is 57.6 Å². The summed E-state index contributed by atoms with van der Waals surface area (Å²) in [6, 6.07) is 17.2. The molecule has 2 unspecified atom stereocenters. The van der Waals surface area contributed by atoms with Gasteiger partial charge >= 0.3 is 0 Å². The molecule has 0 aromatic heterocycles. The highest BCUT2D eigenvalue weighted by Crippen LogP contribution is 2.42. The molecule has 5 rings (SSSR count). The fourth-order valence-electron chi connectivity index (χ4n) is 5.90. The summed E-state index contributed by atoms with van der Waals surface area (Å²) >= 11 is 0. The van der Waals surface area contributed by atoms with Gasteiger partial charge in [0.15, 0.2) is 0 Å². The van der Waals surface area contributed by atoms with Gasteiger partial charge in [-0.3, -0.25) is 19.3 Å². The number of carbonyl (C=O) groups is 3. The maximum absolute atomic E-state index is 13.8. The van der Waals surface area contributed by atoms with Crippen molar-refractivity contribution in [3.63, 3.8) is 0 Å². The minimum absolute atomic E-state index is 0.0656. The number of likely N-dealkylation sites (tertiary alicyclic amines) is 1. The summed E-state index contributed by atoms with van der Waals surface area (Å²) in [6.07, 6.45) is 4.19. The van der Waals surface area contributed by atoms with E-state index in [1.807, 2.05) is 61.5 Å². The van der Waals surface area contributed by atoms with Gasteiger partial charge in [-0.05, 0) is 56.9 Å². The van der Waals surface area contributed by atoms with E-state index in [0.29, 0.717) is 0 Å². The predicted octanol–water partition coefficient (Wildman–Crippen LogP) is 4.53. The number of imide groups is 1. The number of rotatable bonds is 4. The molecule has 2 aromatic carbocycles. The summed E-state index contributed by atoms with van der Waals surface area (Å²) in [7, 11) is 0. The highest BCUT2D eigenvalue weighted by Gasteiger charge is 2.51. The van der Waals surface area contributed by atoms with E-state index in [0.717, 1.165) is 49.0 Å². The molecule has 6 heteroatoms. The fourth-order valence-corrected chi connectivity index (χ4v) is 5.90. The Morgan fingerprint density at radius 3 is 2.21 bits per heavy atom. The molecule has 2 aliphatic heterocycles. The maximum Gasteiger partial charge on any atom is 0.250 e. The van der Waals surface area contributed by atoms with Crippen molar-refractivity contribution in [3.05, 3.63) is 60.2 Å². The van der Waals surface area contributed by atoms with Crippen molar-refractivity contribution in [2.75, 3.05) is 10.2 Å². The summed E-state index contributed by atoms with van der Waals surface area (Å²) < 4.78 is 0. The number of anilines is 2. The zero-order valence-electron chi connectivity index (χ0n) is 19.2. The number of hydrogen-bond acceptors (Lipinski definition) is 4. The summed E-state index contributed by atoms with van der Waals surface area (Å²) in [5.74, 6) is -0.994. The number of nitrogens with zero attached hydrogens (tertiary/aromatic N) is 2. The van der Waals surface area contributed by atoms with Crippen molar-refractivity contribution in [2.24, 2.45) is 11.8 Å². The molecule has 6 nitrogen and oxygen atoms in total. The number of para-hydroxylation sites is 2. The third-order valence-corrected chi connectivity index (χ3v) is 7.56. The first kappa shape index (κ1) is 21.7. The van der Waals surface area contributed by atoms with E-state index in [1.54, 1.807) is 11.8 Å². The molecule has 33 heavy (non-hydrogen) atoms. The lowest BCUT2D eigenvalue weighted by atomic mass is 9.81. The Morgan fingerprint density at radius 2 is 1.55 bits per heavy atom. The highest BCUT2D eigenvalue weighted by molar-refractivity contribution is 6.10. The molecule has 2 aromatic rings. The van der Waals surface area contributed by atoms with Gasteiger partial charge in [-0.2, -0.15) is 0 Å². The molecular formula is C27H31N3O3. The summed E-state index contributed by atoms with van der Waals surface area (Å²) in [5, 5.41) is 3.60. The highest BCUT2D eigenvalue weighted by atomic mass is 16.2. The lowest BCUT2D eigenvalue weighted by Gasteiger charge is -2.41. The Morgan fingerprint density at radius 1 is 0.939 bits per heavy atom. The number of carbonyl (C=O) groups excluding carboxylic acids is 3. The number of nitrogens with one attached hydrogen (secondary N) is 1. The normalized spacial score (nSPS) is 27.7. The minimum Gasteiger partial charge on any atom is -0.378 e. The molecule has 5 atom stereocenters. The van der Waals surface area contributed by atoms with Gasteiger partial charge in [-0.15, -0.1) is 0 Å². The van der Waals surface area contributed by atoms with Crippen LogP contribution in [0.3, 0.4) is 0 Å². The van der Waals surface area contributed by atoms with Crippen LogP contribution in [0.25, 0.3) is 0 Å². The SMILES string of the molecule is C[C@H](C(=O)N1c2ccccc2[C@@H](Nc2ccccc2)C[C@H]1C)N1C(=O)C2CCCCC2C1=O. The van der Waals surface area contributed by atoms with Gasteiger partial charge in [0.25, 0.3) is 0 Å². The molecule has 2 fully saturated rings. The van der Waals surface area contributed by atoms with Gasteiger partial charge in [-0.25, -0.2) is 0 Å². The van der Waals surface area contributed by atoms with E-state index >= 15 is 0 Å². The second kappa shape index (κ2) is 8.65. The smallest absolute Gasteiger partial charge is 0.250 e. The molecule has 2 heterocycles. The lowest BCUT2D eigenvalue weighted by Crippen LogP contribution is -2.54. The van der Waals surface area contributed by atoms with Gasteiger partial charge in [0.2, 0.25) is 17.7 Å². The van der Waals surface area contributed by atoms with E-state index < -0.39 is 6.04 Å². The maximum atomic E-state index is 13.8. The molecule has 1 saturated heterocycles. The Balaban J connectivity index is 1.42. The van der Waals surface area contributed by atoms with E-state index in [1.165, 1.54) is 4.90 Å². The van der Waals surface area contributed by atoms with Crippen LogP contribution in [0.15, 0.2) is 54.6 Å². The number of benzene rings is 2. The van der Waals surface area contributed by atoms with E-state index in [9.17, 15) is 14.4 Å². The Hall–Kier alpha value is -3.15. The second-order valence-corrected chi connectivity index (χ2v) is 9.63. The van der Waals surface area contributed by atoms with Crippen molar-refractivity contribution in [1.82, 2.24) is 4.90 Å². The van der Waals surface area contributed by atoms with Gasteiger partial charge in [0, 0.05) is 17.4 Å². The van der Waals surface area contributed by atoms with Crippen LogP contribution >= 0.6 is 0 Å². The molecular weight excluding hydrogens is 414 g/mol. The standard InChI is InChI=1S/C27H31N3O3/c1-17-16-23(28-19-10-4-3-5-11-19)22-14-8-9-15-24(22)29(17)25(31)18(2)30-26(32)20-12-6-7-13-21(20)27(30)33/h3-5,8-11,14-15,17-18,20-21,23,28H,6-7,12-13,16H2,1-2H3/t17-,18-,20?,21?,23+/m1/s1. The van der Waals surface area contributed by atoms with Crippen LogP contribution in [-0.4, -0.2) is 34.7 Å². The average molecular weight is 446 g/mol. The van der Waals surface area contributed by atoms with Gasteiger partial charge < -0.3 is 10.2 Å². The first-order valence-electron chi connectivity index (χ1n) is 12.1. The number of hydrogen-bond donors (Lipinski definition) is 1. The largest absolute Gasteiger partial charge is 0.378 e. The van der Waals surface area contributed by atoms with Crippen LogP contribution in [0, 0.1) is 11.8 Å². The van der Waals surface area contributed by atoms with Crippen molar-refractivity contribution in [3.8, 4) is 0 Å². The molecule has 1 aliphatic carbocycles. The third-order valence-electron chi connectivity index (χ3n) is 7.56. The topological polar surface area (TPSA) is 69.7 Å². The third kappa shape index (κ3) is 3.71. The van der Waals surface area contributed by atoms with Gasteiger partial charge in [0.05, 0.1) is 17.9 Å². The van der Waals surface area contributed by atoms with Crippen LogP contribution in [0.2, 0.25) is 0 Å². The van der Waals surface area contributed by atoms with Crippen molar-refractivity contribution < 1.29 is 14.4 Å². The van der Waals surface area contributed by atoms with Crippen LogP contribution in [0.4, 0.5) is 11.4 Å². The van der Waals surface area contributed by atoms with E-state index in [2.05, 4.69) is 5.32 Å². The Labute approximate surface area is 194 Å². The molecule has 1 N–H and O–H groups in total. The predicted molar refractivity (Wildman–Crippen MR) is 128 cm³/mol. The zero-order chi connectivity index (χ0) is 23.1. The van der Waals surface area contributed by atoms with Crippen molar-refractivity contribution in [1.29, 1.82) is 0 Å². The molecule has 0 radical (unpaired) electrons. The first-order chi connectivity index (χ1) is 16.0. The van der Waals surface area contributed by atoms with Crippen LogP contribution < -0.4 is 10.2 Å². The minimum atomic E-state index is -0.801. The summed E-state index contributed by atoms with van der Waals surface area (Å²) in [6.45, 7) is 3.74. The average Bonchev–Trinajstić information content (AvgIpc) is 3.09. The quantitative estimate of drug-likeness (QED) is 0.702. The molecule has 172 valence electrons. The molecule has 3 amide bonds. The fraction of sp³-hybridized carbons (Fsp3) is 0.444. The number of fused-ring (bicyclic) bond motifs is 2. The number of amides is 3. The van der Waals surface area contributed by atoms with Crippen molar-refractivity contribution >= 4 is 29.1 Å². The lowest BCUT2D eigenvalue weighted by molar-refractivity contribution is -0.146. The molecule has 0 bridgehead atoms. The Bertz CT molecular complexity index is 1050. The van der Waals surface area contributed by atoms with Crippen LogP contribution in [-0.2, 0) is 14.4 Å². The van der Waals surface area contributed by atoms with Gasteiger partial charge in [0.1, 0.15) is 6.04 Å². The second-order valence-electron chi connectivity index (χ2n) is 9.63. The molecule has 1 saturated carbocycles. The monoisotopic (exact) mass is 445 g/mol. The van der Waals surface area contributed by atoms with Crippen LogP contribution in [0.5, 0.6) is 0 Å².